The van der Waals surface area contributed by atoms with Gasteiger partial charge < -0.3 is 15.8 Å². The molecule has 114 valence electrons. The molecule has 0 bridgehead atoms. The average molecular weight is 299 g/mol. The number of amides is 1. The molecule has 20 heavy (non-hydrogen) atoms. The second kappa shape index (κ2) is 6.83. The summed E-state index contributed by atoms with van der Waals surface area (Å²) in [6.07, 6.45) is 2.53. The Hall–Kier alpha value is -0.720. The number of nitrogens with two attached hydrogens (primary N) is 1. The third kappa shape index (κ3) is 3.48. The molecule has 1 saturated carbocycles. The Morgan fingerprint density at radius 1 is 1.45 bits per heavy atom. The number of rotatable bonds is 6. The van der Waals surface area contributed by atoms with Crippen LogP contribution in [0, 0.1) is 11.3 Å². The minimum atomic E-state index is -0.576. The van der Waals surface area contributed by atoms with Gasteiger partial charge in [-0.25, -0.2) is 0 Å². The molecule has 0 radical (unpaired) electrons. The summed E-state index contributed by atoms with van der Waals surface area (Å²) in [5.74, 6) is 0.556. The van der Waals surface area contributed by atoms with Crippen LogP contribution in [0.3, 0.4) is 0 Å². The lowest BCUT2D eigenvalue weighted by Gasteiger charge is -2.44. The molecule has 0 unspecified atom stereocenters. The van der Waals surface area contributed by atoms with Gasteiger partial charge in [0.1, 0.15) is 0 Å². The first-order valence-electron chi connectivity index (χ1n) is 7.43. The van der Waals surface area contributed by atoms with Gasteiger partial charge >= 0.3 is 0 Å². The summed E-state index contributed by atoms with van der Waals surface area (Å²) < 4.78 is 5.31. The van der Waals surface area contributed by atoms with Gasteiger partial charge in [-0.3, -0.25) is 9.69 Å². The fraction of sp³-hybridized carbons (Fsp3) is 0.857. The smallest absolute Gasteiger partial charge is 0.233 e. The maximum atomic E-state index is 12.3. The third-order valence-corrected chi connectivity index (χ3v) is 4.73. The lowest BCUT2D eigenvalue weighted by Crippen LogP contribution is -2.56. The lowest BCUT2D eigenvalue weighted by molar-refractivity contribution is -0.132. The van der Waals surface area contributed by atoms with Crippen molar-refractivity contribution < 1.29 is 9.53 Å². The predicted octanol–water partition coefficient (Wildman–Crippen LogP) is 0.527. The SMILES string of the molecule is CC1CC(C(=O)NCCCN2CCOCC2)(C(N)=S)C1. The van der Waals surface area contributed by atoms with Crippen molar-refractivity contribution >= 4 is 23.1 Å². The molecule has 0 aromatic heterocycles. The normalized spacial score (nSPS) is 30.6. The van der Waals surface area contributed by atoms with Crippen molar-refractivity contribution in [2.45, 2.75) is 26.2 Å². The highest BCUT2D eigenvalue weighted by Gasteiger charge is 2.50. The van der Waals surface area contributed by atoms with Gasteiger partial charge in [0.25, 0.3) is 0 Å². The first-order chi connectivity index (χ1) is 9.54. The summed E-state index contributed by atoms with van der Waals surface area (Å²) in [6.45, 7) is 7.42. The quantitative estimate of drug-likeness (QED) is 0.553. The molecule has 2 rings (SSSR count). The number of morpholine rings is 1. The number of ether oxygens (including phenoxy) is 1. The fourth-order valence-electron chi connectivity index (χ4n) is 3.13. The van der Waals surface area contributed by atoms with Crippen molar-refractivity contribution in [3.63, 3.8) is 0 Å². The van der Waals surface area contributed by atoms with E-state index in [2.05, 4.69) is 17.1 Å². The van der Waals surface area contributed by atoms with Gasteiger partial charge in [0.15, 0.2) is 0 Å². The molecular formula is C14H25N3O2S. The number of hydrogen-bond donors (Lipinski definition) is 2. The molecular weight excluding hydrogens is 274 g/mol. The van der Waals surface area contributed by atoms with Crippen LogP contribution in [0.25, 0.3) is 0 Å². The van der Waals surface area contributed by atoms with Gasteiger partial charge in [-0.2, -0.15) is 0 Å². The topological polar surface area (TPSA) is 67.6 Å². The predicted molar refractivity (Wildman–Crippen MR) is 82.5 cm³/mol. The van der Waals surface area contributed by atoms with Crippen LogP contribution in [-0.4, -0.2) is 55.2 Å². The van der Waals surface area contributed by atoms with Gasteiger partial charge in [0.05, 0.1) is 23.6 Å². The fourth-order valence-corrected chi connectivity index (χ4v) is 3.39. The minimum Gasteiger partial charge on any atom is -0.392 e. The highest BCUT2D eigenvalue weighted by molar-refractivity contribution is 7.80. The molecule has 0 spiro atoms. The van der Waals surface area contributed by atoms with E-state index in [0.717, 1.165) is 52.1 Å². The standard InChI is InChI=1S/C14H25N3O2S/c1-11-9-14(10-11,12(15)20)13(18)16-3-2-4-17-5-7-19-8-6-17/h11H,2-10H2,1H3,(H2,15,20)(H,16,18). The first kappa shape index (κ1) is 15.7. The Labute approximate surface area is 126 Å². The monoisotopic (exact) mass is 299 g/mol. The molecule has 3 N–H and O–H groups in total. The van der Waals surface area contributed by atoms with Crippen molar-refractivity contribution in [3.05, 3.63) is 0 Å². The van der Waals surface area contributed by atoms with E-state index in [4.69, 9.17) is 22.7 Å². The third-order valence-electron chi connectivity index (χ3n) is 4.34. The van der Waals surface area contributed by atoms with Crippen LogP contribution in [-0.2, 0) is 9.53 Å². The molecule has 5 nitrogen and oxygen atoms in total. The zero-order valence-corrected chi connectivity index (χ0v) is 13.0. The van der Waals surface area contributed by atoms with Crippen molar-refractivity contribution in [2.24, 2.45) is 17.1 Å². The molecule has 1 aliphatic carbocycles. The maximum Gasteiger partial charge on any atom is 0.233 e. The minimum absolute atomic E-state index is 0.0186. The summed E-state index contributed by atoms with van der Waals surface area (Å²) in [5, 5.41) is 3.00. The van der Waals surface area contributed by atoms with E-state index in [9.17, 15) is 4.79 Å². The van der Waals surface area contributed by atoms with E-state index in [0.29, 0.717) is 17.5 Å². The summed E-state index contributed by atoms with van der Waals surface area (Å²) in [7, 11) is 0. The molecule has 6 heteroatoms. The van der Waals surface area contributed by atoms with E-state index in [-0.39, 0.29) is 5.91 Å². The van der Waals surface area contributed by atoms with E-state index < -0.39 is 5.41 Å². The number of carbonyl (C=O) groups is 1. The number of hydrogen-bond acceptors (Lipinski definition) is 4. The molecule has 1 amide bonds. The van der Waals surface area contributed by atoms with Crippen LogP contribution in [0.1, 0.15) is 26.2 Å². The largest absolute Gasteiger partial charge is 0.392 e. The summed E-state index contributed by atoms with van der Waals surface area (Å²) in [4.78, 5) is 15.0. The van der Waals surface area contributed by atoms with Crippen LogP contribution >= 0.6 is 12.2 Å². The van der Waals surface area contributed by atoms with Crippen LogP contribution < -0.4 is 11.1 Å². The Bertz CT molecular complexity index is 363. The molecule has 0 aromatic rings. The van der Waals surface area contributed by atoms with E-state index in [1.54, 1.807) is 0 Å². The highest BCUT2D eigenvalue weighted by atomic mass is 32.1. The Morgan fingerprint density at radius 2 is 2.10 bits per heavy atom. The molecule has 1 heterocycles. The lowest BCUT2D eigenvalue weighted by atomic mass is 9.62. The zero-order chi connectivity index (χ0) is 14.6. The molecule has 2 fully saturated rings. The van der Waals surface area contributed by atoms with Crippen molar-refractivity contribution in [1.82, 2.24) is 10.2 Å². The van der Waals surface area contributed by atoms with Gasteiger partial charge in [-0.1, -0.05) is 19.1 Å². The second-order valence-corrected chi connectivity index (χ2v) is 6.46. The van der Waals surface area contributed by atoms with Crippen molar-refractivity contribution in [1.29, 1.82) is 0 Å². The van der Waals surface area contributed by atoms with Gasteiger partial charge in [-0.05, 0) is 31.7 Å². The Kier molecular flexibility index (Phi) is 5.35. The molecule has 1 saturated heterocycles. The van der Waals surface area contributed by atoms with Crippen LogP contribution in [0.2, 0.25) is 0 Å². The van der Waals surface area contributed by atoms with Gasteiger partial charge in [0.2, 0.25) is 5.91 Å². The summed E-state index contributed by atoms with van der Waals surface area (Å²) in [5.41, 5.74) is 5.19. The molecule has 2 aliphatic rings. The maximum absolute atomic E-state index is 12.3. The highest BCUT2D eigenvalue weighted by Crippen LogP contribution is 2.45. The van der Waals surface area contributed by atoms with Crippen LogP contribution in [0.5, 0.6) is 0 Å². The second-order valence-electron chi connectivity index (χ2n) is 6.02. The number of thiocarbonyl (C=S) groups is 1. The van der Waals surface area contributed by atoms with Crippen molar-refractivity contribution in [3.8, 4) is 0 Å². The Morgan fingerprint density at radius 3 is 2.65 bits per heavy atom. The zero-order valence-electron chi connectivity index (χ0n) is 12.2. The number of carbonyl (C=O) groups excluding carboxylic acids is 1. The molecule has 0 aromatic carbocycles. The van der Waals surface area contributed by atoms with Gasteiger partial charge in [-0.15, -0.1) is 0 Å². The van der Waals surface area contributed by atoms with E-state index >= 15 is 0 Å². The number of nitrogens with one attached hydrogen (secondary N) is 1. The Balaban J connectivity index is 1.68. The summed E-state index contributed by atoms with van der Waals surface area (Å²) >= 11 is 5.09. The van der Waals surface area contributed by atoms with E-state index in [1.807, 2.05) is 0 Å². The van der Waals surface area contributed by atoms with Crippen molar-refractivity contribution in [2.75, 3.05) is 39.4 Å². The average Bonchev–Trinajstić information content (AvgIpc) is 2.40. The van der Waals surface area contributed by atoms with E-state index in [1.165, 1.54) is 0 Å². The van der Waals surface area contributed by atoms with Crippen LogP contribution in [0.4, 0.5) is 0 Å². The van der Waals surface area contributed by atoms with Crippen LogP contribution in [0.15, 0.2) is 0 Å². The molecule has 0 atom stereocenters. The summed E-state index contributed by atoms with van der Waals surface area (Å²) in [6, 6.07) is 0. The molecule has 1 aliphatic heterocycles. The number of nitrogens with zero attached hydrogens (tertiary/aromatic N) is 1. The first-order valence-corrected chi connectivity index (χ1v) is 7.84. The van der Waals surface area contributed by atoms with Gasteiger partial charge in [0, 0.05) is 19.6 Å².